The first kappa shape index (κ1) is 11.3. The number of hydrogen-bond donors (Lipinski definition) is 0. The van der Waals surface area contributed by atoms with Gasteiger partial charge >= 0.3 is 0 Å². The molecule has 0 N–H and O–H groups in total. The molecular formula is C8H15ClO3S. The lowest BCUT2D eigenvalue weighted by atomic mass is 10.0. The summed E-state index contributed by atoms with van der Waals surface area (Å²) < 4.78 is 27.1. The number of hydrogen-bond acceptors (Lipinski definition) is 3. The summed E-state index contributed by atoms with van der Waals surface area (Å²) in [4.78, 5) is 0. The van der Waals surface area contributed by atoms with Gasteiger partial charge in [-0.25, -0.2) is 8.42 Å². The molecule has 1 heterocycles. The van der Waals surface area contributed by atoms with Crippen LogP contribution in [0.4, 0.5) is 0 Å². The van der Waals surface area contributed by atoms with Crippen LogP contribution in [0, 0.1) is 5.92 Å². The third kappa shape index (κ3) is 3.83. The minimum absolute atomic E-state index is 0.0525. The van der Waals surface area contributed by atoms with Gasteiger partial charge in [0.2, 0.25) is 0 Å². The summed E-state index contributed by atoms with van der Waals surface area (Å²) in [7, 11) is -1.16. The van der Waals surface area contributed by atoms with Crippen LogP contribution in [0.25, 0.3) is 0 Å². The third-order valence-electron chi connectivity index (χ3n) is 2.26. The van der Waals surface area contributed by atoms with Gasteiger partial charge in [-0.3, -0.25) is 0 Å². The minimum atomic E-state index is -2.76. The molecule has 1 rings (SSSR count). The standard InChI is InChI=1S/C8H15ClO3S/c1-12-5-8(9)4-7-2-3-13(10,11)6-7/h7-8H,2-6H2,1H3. The molecule has 5 heteroatoms. The van der Waals surface area contributed by atoms with Crippen molar-refractivity contribution in [1.82, 2.24) is 0 Å². The first-order chi connectivity index (χ1) is 6.03. The van der Waals surface area contributed by atoms with Gasteiger partial charge in [-0.15, -0.1) is 11.6 Å². The van der Waals surface area contributed by atoms with E-state index < -0.39 is 9.84 Å². The second kappa shape index (κ2) is 4.62. The van der Waals surface area contributed by atoms with Crippen molar-refractivity contribution in [3.8, 4) is 0 Å². The Balaban J connectivity index is 2.32. The molecule has 0 aliphatic carbocycles. The SMILES string of the molecule is COCC(Cl)CC1CCS(=O)(=O)C1. The summed E-state index contributed by atoms with van der Waals surface area (Å²) in [6, 6.07) is 0. The Hall–Kier alpha value is 0.200. The fraction of sp³-hybridized carbons (Fsp3) is 1.00. The molecular weight excluding hydrogens is 212 g/mol. The quantitative estimate of drug-likeness (QED) is 0.674. The summed E-state index contributed by atoms with van der Waals surface area (Å²) in [5, 5.41) is -0.0525. The molecule has 3 nitrogen and oxygen atoms in total. The molecule has 2 unspecified atom stereocenters. The predicted molar refractivity (Wildman–Crippen MR) is 52.9 cm³/mol. The molecule has 2 atom stereocenters. The van der Waals surface area contributed by atoms with Crippen molar-refractivity contribution < 1.29 is 13.2 Å². The Labute approximate surface area is 84.3 Å². The molecule has 13 heavy (non-hydrogen) atoms. The molecule has 0 saturated carbocycles. The van der Waals surface area contributed by atoms with Gasteiger partial charge in [-0.2, -0.15) is 0 Å². The highest BCUT2D eigenvalue weighted by Gasteiger charge is 2.29. The lowest BCUT2D eigenvalue weighted by Gasteiger charge is -2.11. The number of halogens is 1. The maximum absolute atomic E-state index is 11.1. The van der Waals surface area contributed by atoms with Gasteiger partial charge in [0.15, 0.2) is 9.84 Å². The molecule has 0 amide bonds. The van der Waals surface area contributed by atoms with Crippen molar-refractivity contribution >= 4 is 21.4 Å². The van der Waals surface area contributed by atoms with E-state index >= 15 is 0 Å². The maximum atomic E-state index is 11.1. The Morgan fingerprint density at radius 1 is 1.62 bits per heavy atom. The molecule has 1 aliphatic heterocycles. The number of ether oxygens (including phenoxy) is 1. The monoisotopic (exact) mass is 226 g/mol. The molecule has 1 aliphatic rings. The van der Waals surface area contributed by atoms with Gasteiger partial charge in [-0.05, 0) is 18.8 Å². The van der Waals surface area contributed by atoms with E-state index in [1.807, 2.05) is 0 Å². The zero-order valence-electron chi connectivity index (χ0n) is 7.70. The Morgan fingerprint density at radius 2 is 2.31 bits per heavy atom. The van der Waals surface area contributed by atoms with Crippen LogP contribution in [0.5, 0.6) is 0 Å². The highest BCUT2D eigenvalue weighted by Crippen LogP contribution is 2.24. The van der Waals surface area contributed by atoms with Crippen molar-refractivity contribution in [3.05, 3.63) is 0 Å². The second-order valence-electron chi connectivity index (χ2n) is 3.56. The summed E-state index contributed by atoms with van der Waals surface area (Å²) in [5.74, 6) is 0.872. The average Bonchev–Trinajstić information content (AvgIpc) is 2.30. The molecule has 1 saturated heterocycles. The Bertz CT molecular complexity index is 250. The van der Waals surface area contributed by atoms with Crippen molar-refractivity contribution in [3.63, 3.8) is 0 Å². The number of sulfone groups is 1. The van der Waals surface area contributed by atoms with Gasteiger partial charge < -0.3 is 4.74 Å². The fourth-order valence-electron chi connectivity index (χ4n) is 1.67. The van der Waals surface area contributed by atoms with E-state index in [2.05, 4.69) is 0 Å². The van der Waals surface area contributed by atoms with Gasteiger partial charge in [0, 0.05) is 7.11 Å². The third-order valence-corrected chi connectivity index (χ3v) is 4.40. The van der Waals surface area contributed by atoms with E-state index in [-0.39, 0.29) is 11.3 Å². The van der Waals surface area contributed by atoms with Crippen LogP contribution in [-0.4, -0.2) is 39.0 Å². The molecule has 0 aromatic heterocycles. The van der Waals surface area contributed by atoms with Crippen LogP contribution < -0.4 is 0 Å². The van der Waals surface area contributed by atoms with Crippen molar-refractivity contribution in [1.29, 1.82) is 0 Å². The summed E-state index contributed by atoms with van der Waals surface area (Å²) in [6.07, 6.45) is 1.50. The molecule has 0 aromatic carbocycles. The summed E-state index contributed by atoms with van der Waals surface area (Å²) in [5.41, 5.74) is 0. The number of methoxy groups -OCH3 is 1. The molecule has 0 bridgehead atoms. The molecule has 0 aromatic rings. The number of alkyl halides is 1. The predicted octanol–water partition coefficient (Wildman–Crippen LogP) is 1.07. The number of rotatable bonds is 4. The smallest absolute Gasteiger partial charge is 0.150 e. The zero-order valence-corrected chi connectivity index (χ0v) is 9.27. The second-order valence-corrected chi connectivity index (χ2v) is 6.40. The van der Waals surface area contributed by atoms with Gasteiger partial charge in [-0.1, -0.05) is 0 Å². The molecule has 78 valence electrons. The first-order valence-corrected chi connectivity index (χ1v) is 6.62. The van der Waals surface area contributed by atoms with Gasteiger partial charge in [0.1, 0.15) is 0 Å². The van der Waals surface area contributed by atoms with E-state index in [9.17, 15) is 8.42 Å². The van der Waals surface area contributed by atoms with Crippen molar-refractivity contribution in [2.45, 2.75) is 18.2 Å². The fourth-order valence-corrected chi connectivity index (χ4v) is 3.93. The summed E-state index contributed by atoms with van der Waals surface area (Å²) >= 11 is 5.93. The van der Waals surface area contributed by atoms with Crippen molar-refractivity contribution in [2.75, 3.05) is 25.2 Å². The van der Waals surface area contributed by atoms with Crippen LogP contribution in [0.3, 0.4) is 0 Å². The van der Waals surface area contributed by atoms with Gasteiger partial charge in [0.25, 0.3) is 0 Å². The maximum Gasteiger partial charge on any atom is 0.150 e. The Morgan fingerprint density at radius 3 is 2.77 bits per heavy atom. The van der Waals surface area contributed by atoms with E-state index in [1.165, 1.54) is 0 Å². The van der Waals surface area contributed by atoms with E-state index in [0.29, 0.717) is 18.1 Å². The highest BCUT2D eigenvalue weighted by atomic mass is 35.5. The van der Waals surface area contributed by atoms with Crippen LogP contribution >= 0.6 is 11.6 Å². The Kier molecular flexibility index (Phi) is 4.01. The minimum Gasteiger partial charge on any atom is -0.383 e. The zero-order chi connectivity index (χ0) is 9.90. The molecule has 0 radical (unpaired) electrons. The first-order valence-electron chi connectivity index (χ1n) is 4.37. The van der Waals surface area contributed by atoms with Gasteiger partial charge in [0.05, 0.1) is 23.5 Å². The normalized spacial score (nSPS) is 28.9. The lowest BCUT2D eigenvalue weighted by molar-refractivity contribution is 0.191. The van der Waals surface area contributed by atoms with Crippen LogP contribution in [0.1, 0.15) is 12.8 Å². The van der Waals surface area contributed by atoms with E-state index in [0.717, 1.165) is 12.8 Å². The van der Waals surface area contributed by atoms with E-state index in [4.69, 9.17) is 16.3 Å². The van der Waals surface area contributed by atoms with Crippen LogP contribution in [0.15, 0.2) is 0 Å². The van der Waals surface area contributed by atoms with Crippen LogP contribution in [-0.2, 0) is 14.6 Å². The van der Waals surface area contributed by atoms with Crippen molar-refractivity contribution in [2.24, 2.45) is 5.92 Å². The molecule has 1 fully saturated rings. The highest BCUT2D eigenvalue weighted by molar-refractivity contribution is 7.91. The summed E-state index contributed by atoms with van der Waals surface area (Å²) in [6.45, 7) is 0.498. The van der Waals surface area contributed by atoms with E-state index in [1.54, 1.807) is 7.11 Å². The molecule has 0 spiro atoms. The van der Waals surface area contributed by atoms with Crippen LogP contribution in [0.2, 0.25) is 0 Å². The lowest BCUT2D eigenvalue weighted by Crippen LogP contribution is -2.14. The topological polar surface area (TPSA) is 43.4 Å². The largest absolute Gasteiger partial charge is 0.383 e. The average molecular weight is 227 g/mol.